The van der Waals surface area contributed by atoms with Crippen LogP contribution in [0.2, 0.25) is 0 Å². The third-order valence-corrected chi connectivity index (χ3v) is 2.75. The summed E-state index contributed by atoms with van der Waals surface area (Å²) in [6.07, 6.45) is 4.88. The Bertz CT molecular complexity index is 445. The van der Waals surface area contributed by atoms with Gasteiger partial charge in [-0.15, -0.1) is 0 Å². The fraction of sp³-hybridized carbons (Fsp3) is 0.688. The van der Waals surface area contributed by atoms with Gasteiger partial charge in [-0.2, -0.15) is 0 Å². The first-order valence-corrected chi connectivity index (χ1v) is 7.55. The van der Waals surface area contributed by atoms with E-state index in [-0.39, 0.29) is 26.0 Å². The average Bonchev–Trinajstić information content (AvgIpc) is 3.29. The SMILES string of the molecule is C.CC(=O)O.N.NC(CC(=O)O)C1CC1.O=C(O)CC(=O)O.O=CC1CC1. The summed E-state index contributed by atoms with van der Waals surface area (Å²) in [5.41, 5.74) is 5.50. The van der Waals surface area contributed by atoms with Crippen LogP contribution in [-0.4, -0.2) is 56.6 Å². The minimum absolute atomic E-state index is 0. The first-order valence-electron chi connectivity index (χ1n) is 7.55. The Morgan fingerprint density at radius 1 is 0.963 bits per heavy atom. The van der Waals surface area contributed by atoms with Gasteiger partial charge in [-0.3, -0.25) is 19.2 Å². The maximum atomic E-state index is 10.1. The Kier molecular flexibility index (Phi) is 21.8. The van der Waals surface area contributed by atoms with Crippen molar-refractivity contribution in [2.24, 2.45) is 17.6 Å². The van der Waals surface area contributed by atoms with Gasteiger partial charge in [-0.25, -0.2) is 0 Å². The lowest BCUT2D eigenvalue weighted by Gasteiger charge is -2.03. The van der Waals surface area contributed by atoms with Crippen molar-refractivity contribution in [3.63, 3.8) is 0 Å². The number of hydrogen-bond acceptors (Lipinski definition) is 7. The molecule has 0 aliphatic heterocycles. The zero-order chi connectivity index (χ0) is 20.0. The van der Waals surface area contributed by atoms with Crippen LogP contribution in [0.15, 0.2) is 0 Å². The van der Waals surface area contributed by atoms with Crippen LogP contribution in [-0.2, 0) is 24.0 Å². The van der Waals surface area contributed by atoms with Gasteiger partial charge in [0.2, 0.25) is 0 Å². The Hall–Kier alpha value is -2.53. The quantitative estimate of drug-likeness (QED) is 0.276. The number of rotatable bonds is 6. The molecule has 2 fully saturated rings. The summed E-state index contributed by atoms with van der Waals surface area (Å²) < 4.78 is 0. The van der Waals surface area contributed by atoms with Gasteiger partial charge >= 0.3 is 17.9 Å². The normalized spacial score (nSPS) is 14.3. The monoisotopic (exact) mass is 396 g/mol. The van der Waals surface area contributed by atoms with E-state index >= 15 is 0 Å². The lowest BCUT2D eigenvalue weighted by atomic mass is 10.1. The van der Waals surface area contributed by atoms with Gasteiger partial charge in [-0.05, 0) is 31.6 Å². The molecule has 0 aromatic carbocycles. The Morgan fingerprint density at radius 2 is 1.33 bits per heavy atom. The molecule has 11 nitrogen and oxygen atoms in total. The fourth-order valence-corrected chi connectivity index (χ4v) is 1.25. The minimum atomic E-state index is -1.31. The lowest BCUT2D eigenvalue weighted by Crippen LogP contribution is -2.25. The van der Waals surface area contributed by atoms with Crippen molar-refractivity contribution in [1.29, 1.82) is 0 Å². The van der Waals surface area contributed by atoms with E-state index in [9.17, 15) is 19.2 Å². The topological polar surface area (TPSA) is 227 Å². The first kappa shape index (κ1) is 32.2. The number of hydrogen-bond donors (Lipinski definition) is 6. The molecule has 27 heavy (non-hydrogen) atoms. The maximum Gasteiger partial charge on any atom is 0.314 e. The number of aldehydes is 1. The van der Waals surface area contributed by atoms with E-state index in [1.54, 1.807) is 0 Å². The second kappa shape index (κ2) is 18.3. The van der Waals surface area contributed by atoms with Crippen molar-refractivity contribution < 1.29 is 44.4 Å². The van der Waals surface area contributed by atoms with Gasteiger partial charge in [0.15, 0.2) is 0 Å². The average molecular weight is 396 g/mol. The Labute approximate surface area is 158 Å². The first-order chi connectivity index (χ1) is 11.5. The molecule has 0 spiro atoms. The number of aliphatic carboxylic acids is 4. The van der Waals surface area contributed by atoms with Gasteiger partial charge < -0.3 is 37.1 Å². The molecule has 1 atom stereocenters. The molecule has 9 N–H and O–H groups in total. The van der Waals surface area contributed by atoms with Crippen molar-refractivity contribution in [3.8, 4) is 0 Å². The summed E-state index contributed by atoms with van der Waals surface area (Å²) in [4.78, 5) is 47.5. The number of nitrogens with two attached hydrogens (primary N) is 1. The Morgan fingerprint density at radius 3 is 1.44 bits per heavy atom. The number of carbonyl (C=O) groups excluding carboxylic acids is 1. The van der Waals surface area contributed by atoms with Gasteiger partial charge in [0.25, 0.3) is 5.97 Å². The summed E-state index contributed by atoms with van der Waals surface area (Å²) >= 11 is 0. The predicted octanol–water partition coefficient (Wildman–Crippen LogP) is 1.23. The molecular weight excluding hydrogens is 364 g/mol. The van der Waals surface area contributed by atoms with Crippen LogP contribution in [0.5, 0.6) is 0 Å². The molecule has 11 heteroatoms. The van der Waals surface area contributed by atoms with Crippen LogP contribution in [0.1, 0.15) is 52.9 Å². The van der Waals surface area contributed by atoms with Crippen LogP contribution in [0.3, 0.4) is 0 Å². The van der Waals surface area contributed by atoms with Gasteiger partial charge in [0.1, 0.15) is 12.7 Å². The van der Waals surface area contributed by atoms with Crippen molar-refractivity contribution in [2.45, 2.75) is 58.9 Å². The Balaban J connectivity index is -0.000000133. The van der Waals surface area contributed by atoms with Crippen LogP contribution in [0.25, 0.3) is 0 Å². The largest absolute Gasteiger partial charge is 0.481 e. The van der Waals surface area contributed by atoms with E-state index in [2.05, 4.69) is 0 Å². The standard InChI is InChI=1S/C6H11NO2.C4H6O.C3H4O4.C2H4O2.CH4.H3N/c7-5(3-6(8)9)4-1-2-4;5-3-4-1-2-4;4-2(5)1-3(6)7;1-2(3)4;;/h4-5H,1-3,7H2,(H,8,9);3-4H,1-2H2;1H2,(H,4,5)(H,6,7);1H3,(H,3,4);1H4;1H3. The van der Waals surface area contributed by atoms with Crippen LogP contribution < -0.4 is 11.9 Å². The number of carbonyl (C=O) groups is 5. The third kappa shape index (κ3) is 35.4. The summed E-state index contributed by atoms with van der Waals surface area (Å²) in [6.45, 7) is 1.08. The molecule has 0 heterocycles. The molecule has 1 unspecified atom stereocenters. The molecule has 0 bridgehead atoms. The van der Waals surface area contributed by atoms with Crippen LogP contribution in [0, 0.1) is 11.8 Å². The van der Waals surface area contributed by atoms with E-state index < -0.39 is 30.3 Å². The smallest absolute Gasteiger partial charge is 0.314 e. The highest BCUT2D eigenvalue weighted by Gasteiger charge is 2.29. The molecule has 0 radical (unpaired) electrons. The molecule has 0 saturated heterocycles. The fourth-order valence-electron chi connectivity index (χ4n) is 1.25. The predicted molar refractivity (Wildman–Crippen MR) is 96.7 cm³/mol. The van der Waals surface area contributed by atoms with Gasteiger partial charge in [-0.1, -0.05) is 7.43 Å². The van der Waals surface area contributed by atoms with E-state index in [0.717, 1.165) is 38.9 Å². The zero-order valence-electron chi connectivity index (χ0n) is 14.7. The maximum absolute atomic E-state index is 10.1. The van der Waals surface area contributed by atoms with Crippen LogP contribution in [0.4, 0.5) is 0 Å². The highest BCUT2D eigenvalue weighted by atomic mass is 16.4. The van der Waals surface area contributed by atoms with E-state index in [0.29, 0.717) is 11.8 Å². The van der Waals surface area contributed by atoms with Gasteiger partial charge in [0.05, 0.1) is 6.42 Å². The second-order valence-corrected chi connectivity index (χ2v) is 5.56. The van der Waals surface area contributed by atoms with Crippen LogP contribution >= 0.6 is 0 Å². The summed E-state index contributed by atoms with van der Waals surface area (Å²) in [5, 5.41) is 31.1. The van der Waals surface area contributed by atoms with Crippen molar-refractivity contribution >= 4 is 30.2 Å². The molecular formula is C16H32N2O9. The molecule has 0 aromatic heterocycles. The molecule has 2 rings (SSSR count). The number of carboxylic acid groups (broad SMARTS) is 4. The molecule has 2 aliphatic carbocycles. The van der Waals surface area contributed by atoms with E-state index in [1.165, 1.54) is 0 Å². The highest BCUT2D eigenvalue weighted by molar-refractivity contribution is 5.88. The highest BCUT2D eigenvalue weighted by Crippen LogP contribution is 2.32. The zero-order valence-corrected chi connectivity index (χ0v) is 14.7. The molecule has 0 aromatic rings. The van der Waals surface area contributed by atoms with E-state index in [4.69, 9.17) is 31.0 Å². The van der Waals surface area contributed by atoms with Crippen molar-refractivity contribution in [2.75, 3.05) is 0 Å². The molecule has 160 valence electrons. The van der Waals surface area contributed by atoms with Gasteiger partial charge in [0, 0.05) is 18.9 Å². The summed E-state index contributed by atoms with van der Waals surface area (Å²) in [6, 6.07) is -0.0949. The van der Waals surface area contributed by atoms with Crippen molar-refractivity contribution in [1.82, 2.24) is 6.15 Å². The molecule has 0 amide bonds. The summed E-state index contributed by atoms with van der Waals surface area (Å²) in [5.74, 6) is -3.29. The second-order valence-electron chi connectivity index (χ2n) is 5.56. The van der Waals surface area contributed by atoms with Crippen molar-refractivity contribution in [3.05, 3.63) is 0 Å². The molecule has 2 aliphatic rings. The summed E-state index contributed by atoms with van der Waals surface area (Å²) in [7, 11) is 0. The van der Waals surface area contributed by atoms with E-state index in [1.807, 2.05) is 0 Å². The lowest BCUT2D eigenvalue weighted by molar-refractivity contribution is -0.147. The minimum Gasteiger partial charge on any atom is -0.481 e. The molecule has 2 saturated carbocycles. The number of carboxylic acids is 4. The third-order valence-electron chi connectivity index (χ3n) is 2.75.